The Hall–Kier alpha value is -11.4. The van der Waals surface area contributed by atoms with E-state index in [4.69, 9.17) is 42.6 Å². The van der Waals surface area contributed by atoms with E-state index >= 15 is 0 Å². The summed E-state index contributed by atoms with van der Waals surface area (Å²) < 4.78 is 55.1. The minimum absolute atomic E-state index is 0.0311. The maximum absolute atomic E-state index is 13.9. The summed E-state index contributed by atoms with van der Waals surface area (Å²) in [5.41, 5.74) is 0.694. The SMILES string of the molecule is O=C(Oc1cc(OC(=O)c2ccc(OCCCCCOc3c4ccccc4cc4ccccc34)cc2)cc(OC(=O)c2cccc(OCCCCCOc3c4ccccc4cc4ccccc34)c2)c1)c1ccc(OCCCCCOc2c3ccccc3cc3ccccc23)cc1. The molecule has 0 saturated carbocycles. The molecule has 0 bridgehead atoms. The summed E-state index contributed by atoms with van der Waals surface area (Å²) in [4.78, 5) is 41.4. The molecule has 13 rings (SSSR count). The van der Waals surface area contributed by atoms with Gasteiger partial charge in [0.05, 0.1) is 56.3 Å². The van der Waals surface area contributed by atoms with Crippen LogP contribution in [-0.4, -0.2) is 57.5 Å². The molecule has 12 nitrogen and oxygen atoms in total. The number of hydrogen-bond donors (Lipinski definition) is 0. The van der Waals surface area contributed by atoms with Crippen LogP contribution < -0.4 is 42.6 Å². The van der Waals surface area contributed by atoms with Crippen LogP contribution in [-0.2, 0) is 0 Å². The Morgan fingerprint density at radius 1 is 0.208 bits per heavy atom. The molecule has 96 heavy (non-hydrogen) atoms. The van der Waals surface area contributed by atoms with E-state index in [0.717, 1.165) is 140 Å². The number of hydrogen-bond acceptors (Lipinski definition) is 12. The summed E-state index contributed by atoms with van der Waals surface area (Å²) in [6.45, 7) is 3.10. The van der Waals surface area contributed by atoms with Crippen LogP contribution >= 0.6 is 0 Å². The number of carbonyl (C=O) groups excluding carboxylic acids is 3. The van der Waals surface area contributed by atoms with Crippen molar-refractivity contribution in [3.05, 3.63) is 271 Å². The predicted octanol–water partition coefficient (Wildman–Crippen LogP) is 20.1. The quantitative estimate of drug-likeness (QED) is 0.0184. The van der Waals surface area contributed by atoms with Crippen LogP contribution in [0, 0.1) is 0 Å². The standard InChI is InChI=1S/C84H72O12/c85-82(58-37-41-67(42-38-58)88-45-16-1-19-48-91-79-73-31-10-4-23-60(73)51-61-24-5-11-32-74(61)79)94-70-55-71(95-83(86)59-39-43-68(44-40-59)89-46-17-2-20-49-92-80-75-33-12-6-25-62(75)52-63-26-7-13-34-76(63)80)57-72(56-70)96-84(87)66-29-22-30-69(54-66)90-47-18-3-21-50-93-81-77-35-14-8-27-64(77)53-65-28-9-15-36-78(65)81/h4-15,22-44,51-57H,1-3,16-21,45-50H2. The average molecular weight is 1270 g/mol. The number of esters is 3. The van der Waals surface area contributed by atoms with Gasteiger partial charge in [-0.15, -0.1) is 0 Å². The number of carbonyl (C=O) groups is 3. The zero-order valence-electron chi connectivity index (χ0n) is 53.3. The lowest BCUT2D eigenvalue weighted by Gasteiger charge is -2.13. The van der Waals surface area contributed by atoms with E-state index in [0.29, 0.717) is 56.9 Å². The van der Waals surface area contributed by atoms with Gasteiger partial charge in [0.15, 0.2) is 0 Å². The van der Waals surface area contributed by atoms with Crippen molar-refractivity contribution < 1.29 is 57.0 Å². The highest BCUT2D eigenvalue weighted by Crippen LogP contribution is 2.39. The maximum Gasteiger partial charge on any atom is 0.343 e. The van der Waals surface area contributed by atoms with Crippen molar-refractivity contribution in [2.75, 3.05) is 39.6 Å². The first kappa shape index (κ1) is 63.4. The van der Waals surface area contributed by atoms with E-state index in [2.05, 4.69) is 91.0 Å². The second-order valence-corrected chi connectivity index (χ2v) is 23.6. The normalized spacial score (nSPS) is 11.2. The molecule has 0 unspecified atom stereocenters. The lowest BCUT2D eigenvalue weighted by Crippen LogP contribution is -2.12. The van der Waals surface area contributed by atoms with Crippen LogP contribution in [0.4, 0.5) is 0 Å². The maximum atomic E-state index is 13.9. The van der Waals surface area contributed by atoms with Gasteiger partial charge < -0.3 is 42.6 Å². The molecular formula is C84H72O12. The molecule has 13 aromatic carbocycles. The summed E-state index contributed by atoms with van der Waals surface area (Å²) in [5, 5.41) is 13.4. The second-order valence-electron chi connectivity index (χ2n) is 23.6. The molecule has 480 valence electrons. The Morgan fingerprint density at radius 3 is 0.792 bits per heavy atom. The highest BCUT2D eigenvalue weighted by atomic mass is 16.6. The van der Waals surface area contributed by atoms with E-state index in [1.165, 1.54) is 18.2 Å². The Kier molecular flexibility index (Phi) is 20.5. The van der Waals surface area contributed by atoms with Crippen molar-refractivity contribution in [3.8, 4) is 51.7 Å². The number of benzene rings is 13. The first-order valence-electron chi connectivity index (χ1n) is 32.9. The minimum atomic E-state index is -0.712. The van der Waals surface area contributed by atoms with Crippen molar-refractivity contribution in [3.63, 3.8) is 0 Å². The van der Waals surface area contributed by atoms with Crippen molar-refractivity contribution >= 4 is 82.5 Å². The molecule has 0 radical (unpaired) electrons. The topological polar surface area (TPSA) is 134 Å². The third-order valence-electron chi connectivity index (χ3n) is 16.8. The summed E-state index contributed by atoms with van der Waals surface area (Å²) in [7, 11) is 0. The number of unbranched alkanes of at least 4 members (excludes halogenated alkanes) is 6. The molecule has 0 spiro atoms. The van der Waals surface area contributed by atoms with E-state index < -0.39 is 17.9 Å². The van der Waals surface area contributed by atoms with Gasteiger partial charge in [0.25, 0.3) is 0 Å². The number of fused-ring (bicyclic) bond motifs is 6. The molecule has 0 amide bonds. The van der Waals surface area contributed by atoms with Gasteiger partial charge >= 0.3 is 17.9 Å². The van der Waals surface area contributed by atoms with Gasteiger partial charge in [0, 0.05) is 50.5 Å². The van der Waals surface area contributed by atoms with E-state index in [1.54, 1.807) is 72.8 Å². The summed E-state index contributed by atoms with van der Waals surface area (Å²) in [6, 6.07) is 80.5. The van der Waals surface area contributed by atoms with Gasteiger partial charge in [-0.3, -0.25) is 0 Å². The van der Waals surface area contributed by atoms with Gasteiger partial charge in [-0.2, -0.15) is 0 Å². The number of ether oxygens (including phenoxy) is 9. The largest absolute Gasteiger partial charge is 0.494 e. The molecule has 0 aliphatic carbocycles. The van der Waals surface area contributed by atoms with Crippen LogP contribution in [0.15, 0.2) is 255 Å². The zero-order valence-corrected chi connectivity index (χ0v) is 53.3. The fourth-order valence-corrected chi connectivity index (χ4v) is 11.9. The van der Waals surface area contributed by atoms with Gasteiger partial charge in [-0.1, -0.05) is 152 Å². The fourth-order valence-electron chi connectivity index (χ4n) is 11.9. The van der Waals surface area contributed by atoms with Crippen LogP contribution in [0.5, 0.6) is 51.7 Å². The molecule has 0 atom stereocenters. The third kappa shape index (κ3) is 15.8. The predicted molar refractivity (Wildman–Crippen MR) is 380 cm³/mol. The Morgan fingerprint density at radius 2 is 0.479 bits per heavy atom. The highest BCUT2D eigenvalue weighted by Gasteiger charge is 2.19. The molecule has 0 fully saturated rings. The van der Waals surface area contributed by atoms with E-state index in [9.17, 15) is 14.4 Å². The molecule has 0 aliphatic heterocycles. The molecular weight excluding hydrogens is 1200 g/mol. The van der Waals surface area contributed by atoms with Crippen LogP contribution in [0.25, 0.3) is 64.6 Å². The molecule has 0 aromatic heterocycles. The zero-order chi connectivity index (χ0) is 65.3. The Balaban J connectivity index is 0.603. The van der Waals surface area contributed by atoms with Crippen molar-refractivity contribution in [2.24, 2.45) is 0 Å². The summed E-state index contributed by atoms with van der Waals surface area (Å²) in [5.74, 6) is 2.19. The first-order valence-corrected chi connectivity index (χ1v) is 32.9. The third-order valence-corrected chi connectivity index (χ3v) is 16.8. The van der Waals surface area contributed by atoms with Crippen molar-refractivity contribution in [1.29, 1.82) is 0 Å². The lowest BCUT2D eigenvalue weighted by atomic mass is 10.0. The lowest BCUT2D eigenvalue weighted by molar-refractivity contribution is 0.0730. The fraction of sp³-hybridized carbons (Fsp3) is 0.179. The second kappa shape index (κ2) is 31.0. The van der Waals surface area contributed by atoms with Gasteiger partial charge in [-0.05, 0) is 175 Å². The Labute approximate surface area is 557 Å². The van der Waals surface area contributed by atoms with Crippen molar-refractivity contribution in [1.82, 2.24) is 0 Å². The average Bonchev–Trinajstić information content (AvgIpc) is 0.816. The monoisotopic (exact) mass is 1270 g/mol. The highest BCUT2D eigenvalue weighted by molar-refractivity contribution is 6.07. The molecule has 12 heteroatoms. The minimum Gasteiger partial charge on any atom is -0.494 e. The van der Waals surface area contributed by atoms with Crippen LogP contribution in [0.1, 0.15) is 88.9 Å². The van der Waals surface area contributed by atoms with E-state index in [-0.39, 0.29) is 33.9 Å². The van der Waals surface area contributed by atoms with Gasteiger partial charge in [-0.25, -0.2) is 14.4 Å². The molecule has 0 saturated heterocycles. The Bertz CT molecular complexity index is 4500. The van der Waals surface area contributed by atoms with E-state index in [1.807, 2.05) is 72.8 Å². The summed E-state index contributed by atoms with van der Waals surface area (Å²) >= 11 is 0. The number of rotatable bonds is 30. The smallest absolute Gasteiger partial charge is 0.343 e. The van der Waals surface area contributed by atoms with Crippen molar-refractivity contribution in [2.45, 2.75) is 57.8 Å². The first-order chi connectivity index (χ1) is 47.3. The van der Waals surface area contributed by atoms with Gasteiger partial charge in [0.1, 0.15) is 51.7 Å². The molecule has 0 aliphatic rings. The summed E-state index contributed by atoms with van der Waals surface area (Å²) in [6.07, 6.45) is 7.59. The van der Waals surface area contributed by atoms with Gasteiger partial charge in [0.2, 0.25) is 0 Å². The molecule has 0 N–H and O–H groups in total. The molecule has 0 heterocycles. The molecule has 13 aromatic rings. The van der Waals surface area contributed by atoms with Crippen LogP contribution in [0.2, 0.25) is 0 Å². The van der Waals surface area contributed by atoms with Crippen LogP contribution in [0.3, 0.4) is 0 Å².